The molecule has 2 N–H and O–H groups in total. The Kier molecular flexibility index (Phi) is 7.01. The lowest BCUT2D eigenvalue weighted by Gasteiger charge is -2.36. The number of ether oxygens (including phenoxy) is 2. The molecule has 0 spiro atoms. The zero-order valence-electron chi connectivity index (χ0n) is 16.9. The number of rotatable bonds is 4. The molecule has 10 heteroatoms. The molecular formula is C22H16Br2FN3O4. The second-order valence-corrected chi connectivity index (χ2v) is 8.18. The highest BCUT2D eigenvalue weighted by Crippen LogP contribution is 2.44. The van der Waals surface area contributed by atoms with Crippen LogP contribution in [0.25, 0.3) is 0 Å². The maximum atomic E-state index is 15.3. The van der Waals surface area contributed by atoms with Gasteiger partial charge in [-0.05, 0) is 49.6 Å². The molecule has 0 bridgehead atoms. The molecule has 0 radical (unpaired) electrons. The molecule has 1 aliphatic rings. The first-order valence-electron chi connectivity index (χ1n) is 9.07. The first kappa shape index (κ1) is 23.5. The van der Waals surface area contributed by atoms with E-state index in [2.05, 4.69) is 31.9 Å². The molecule has 0 aromatic heterocycles. The normalized spacial score (nSPS) is 16.0. The van der Waals surface area contributed by atoms with Gasteiger partial charge in [0, 0.05) is 4.47 Å². The SMILES string of the molecule is COC(=O)C1=C(C(=O)OC)N(c2ccc(Br)c(Br)c2F)C(N)=C(C#N)C1c1ccccc1. The molecule has 1 heterocycles. The Bertz CT molecular complexity index is 1210. The summed E-state index contributed by atoms with van der Waals surface area (Å²) in [6.45, 7) is 0. The Labute approximate surface area is 200 Å². The van der Waals surface area contributed by atoms with Crippen molar-refractivity contribution in [3.8, 4) is 6.07 Å². The van der Waals surface area contributed by atoms with Crippen molar-refractivity contribution in [2.24, 2.45) is 5.73 Å². The summed E-state index contributed by atoms with van der Waals surface area (Å²) in [5.74, 6) is -3.86. The average molecular weight is 565 g/mol. The highest BCUT2D eigenvalue weighted by atomic mass is 79.9. The highest BCUT2D eigenvalue weighted by molar-refractivity contribution is 9.13. The van der Waals surface area contributed by atoms with Crippen molar-refractivity contribution < 1.29 is 23.5 Å². The number of hydrogen-bond acceptors (Lipinski definition) is 7. The molecule has 0 amide bonds. The summed E-state index contributed by atoms with van der Waals surface area (Å²) in [5.41, 5.74) is 6.08. The van der Waals surface area contributed by atoms with Crippen molar-refractivity contribution in [2.45, 2.75) is 5.92 Å². The molecule has 2 aromatic carbocycles. The van der Waals surface area contributed by atoms with Gasteiger partial charge in [-0.2, -0.15) is 5.26 Å². The van der Waals surface area contributed by atoms with Crippen molar-refractivity contribution in [1.29, 1.82) is 5.26 Å². The van der Waals surface area contributed by atoms with E-state index in [1.165, 1.54) is 12.1 Å². The summed E-state index contributed by atoms with van der Waals surface area (Å²) in [6.07, 6.45) is 0. The molecule has 0 saturated carbocycles. The van der Waals surface area contributed by atoms with E-state index in [-0.39, 0.29) is 32.8 Å². The Balaban J connectivity index is 2.46. The second kappa shape index (κ2) is 9.54. The number of carbonyl (C=O) groups is 2. The molecule has 1 unspecified atom stereocenters. The van der Waals surface area contributed by atoms with E-state index in [0.717, 1.165) is 19.1 Å². The number of hydrogen-bond donors (Lipinski definition) is 1. The molecule has 164 valence electrons. The lowest BCUT2D eigenvalue weighted by Crippen LogP contribution is -2.41. The number of nitrogens with zero attached hydrogens (tertiary/aromatic N) is 2. The van der Waals surface area contributed by atoms with Crippen LogP contribution < -0.4 is 10.6 Å². The number of carbonyl (C=O) groups excluding carboxylic acids is 2. The summed E-state index contributed by atoms with van der Waals surface area (Å²) in [5, 5.41) is 9.96. The van der Waals surface area contributed by atoms with Gasteiger partial charge in [0.05, 0.1) is 47.5 Å². The minimum Gasteiger partial charge on any atom is -0.466 e. The van der Waals surface area contributed by atoms with Crippen LogP contribution >= 0.6 is 31.9 Å². The van der Waals surface area contributed by atoms with Gasteiger partial charge in [0.2, 0.25) is 0 Å². The number of benzene rings is 2. The molecule has 0 saturated heterocycles. The minimum atomic E-state index is -1.03. The Morgan fingerprint density at radius 1 is 1.09 bits per heavy atom. The largest absolute Gasteiger partial charge is 0.466 e. The molecule has 0 aliphatic carbocycles. The molecule has 32 heavy (non-hydrogen) atoms. The number of nitrogens with two attached hydrogens (primary N) is 1. The highest BCUT2D eigenvalue weighted by Gasteiger charge is 2.43. The number of halogens is 3. The predicted molar refractivity (Wildman–Crippen MR) is 121 cm³/mol. The van der Waals surface area contributed by atoms with Crippen LogP contribution in [0.1, 0.15) is 11.5 Å². The quantitative estimate of drug-likeness (QED) is 0.437. The third-order valence-corrected chi connectivity index (χ3v) is 6.83. The first-order valence-corrected chi connectivity index (χ1v) is 10.7. The topological polar surface area (TPSA) is 106 Å². The van der Waals surface area contributed by atoms with Crippen molar-refractivity contribution in [3.63, 3.8) is 0 Å². The van der Waals surface area contributed by atoms with Crippen molar-refractivity contribution in [2.75, 3.05) is 19.1 Å². The van der Waals surface area contributed by atoms with Crippen LogP contribution in [0.4, 0.5) is 10.1 Å². The fourth-order valence-electron chi connectivity index (χ4n) is 3.45. The average Bonchev–Trinajstić information content (AvgIpc) is 2.81. The van der Waals surface area contributed by atoms with E-state index >= 15 is 4.39 Å². The maximum absolute atomic E-state index is 15.3. The lowest BCUT2D eigenvalue weighted by molar-refractivity contribution is -0.139. The van der Waals surface area contributed by atoms with Crippen molar-refractivity contribution in [3.05, 3.63) is 85.5 Å². The molecular weight excluding hydrogens is 549 g/mol. The van der Waals surface area contributed by atoms with Gasteiger partial charge in [-0.25, -0.2) is 14.0 Å². The van der Waals surface area contributed by atoms with Crippen molar-refractivity contribution in [1.82, 2.24) is 0 Å². The van der Waals surface area contributed by atoms with Crippen molar-refractivity contribution >= 4 is 49.5 Å². The third kappa shape index (κ3) is 3.89. The minimum absolute atomic E-state index is 0.0531. The molecule has 1 atom stereocenters. The standard InChI is InChI=1S/C22H16Br2FN3O4/c1-31-21(29)16-15(11-6-4-3-5-7-11)12(10-26)20(27)28(19(16)22(30)32-2)14-9-8-13(23)17(24)18(14)25/h3-9,15H,27H2,1-2H3. The van der Waals surface area contributed by atoms with E-state index < -0.39 is 23.7 Å². The smallest absolute Gasteiger partial charge is 0.355 e. The second-order valence-electron chi connectivity index (χ2n) is 6.53. The number of anilines is 1. The zero-order valence-corrected chi connectivity index (χ0v) is 20.0. The van der Waals surface area contributed by atoms with Crippen LogP contribution in [0.15, 0.2) is 74.1 Å². The van der Waals surface area contributed by atoms with Crippen LogP contribution in [0, 0.1) is 17.1 Å². The Morgan fingerprint density at radius 3 is 2.28 bits per heavy atom. The molecule has 1 aliphatic heterocycles. The number of nitriles is 1. The molecule has 2 aromatic rings. The summed E-state index contributed by atoms with van der Waals surface area (Å²) in [4.78, 5) is 26.9. The van der Waals surface area contributed by atoms with E-state index in [9.17, 15) is 14.9 Å². The van der Waals surface area contributed by atoms with E-state index in [1.54, 1.807) is 30.3 Å². The fourth-order valence-corrected chi connectivity index (χ4v) is 4.09. The van der Waals surface area contributed by atoms with Crippen LogP contribution in [0.5, 0.6) is 0 Å². The van der Waals surface area contributed by atoms with Crippen LogP contribution in [-0.4, -0.2) is 26.2 Å². The van der Waals surface area contributed by atoms with E-state index in [4.69, 9.17) is 15.2 Å². The van der Waals surface area contributed by atoms with E-state index in [1.807, 2.05) is 6.07 Å². The Morgan fingerprint density at radius 2 is 1.72 bits per heavy atom. The van der Waals surface area contributed by atoms with Gasteiger partial charge in [-0.3, -0.25) is 4.90 Å². The lowest BCUT2D eigenvalue weighted by atomic mass is 9.81. The summed E-state index contributed by atoms with van der Waals surface area (Å²) in [6, 6.07) is 13.4. The predicted octanol–water partition coefficient (Wildman–Crippen LogP) is 4.25. The number of esters is 2. The first-order chi connectivity index (χ1) is 15.3. The van der Waals surface area contributed by atoms with Gasteiger partial charge in [0.25, 0.3) is 0 Å². The van der Waals surface area contributed by atoms with Gasteiger partial charge >= 0.3 is 11.9 Å². The summed E-state index contributed by atoms with van der Waals surface area (Å²) >= 11 is 6.35. The number of methoxy groups -OCH3 is 2. The number of allylic oxidation sites excluding steroid dienone is 1. The van der Waals surface area contributed by atoms with Gasteiger partial charge in [0.1, 0.15) is 11.5 Å². The van der Waals surface area contributed by atoms with E-state index in [0.29, 0.717) is 10.0 Å². The fraction of sp³-hybridized carbons (Fsp3) is 0.136. The Hall–Kier alpha value is -3.16. The van der Waals surface area contributed by atoms with Crippen LogP contribution in [-0.2, 0) is 19.1 Å². The maximum Gasteiger partial charge on any atom is 0.355 e. The molecule has 0 fully saturated rings. The van der Waals surface area contributed by atoms with Gasteiger partial charge in [-0.15, -0.1) is 0 Å². The summed E-state index contributed by atoms with van der Waals surface area (Å²) in [7, 11) is 2.26. The third-order valence-electron chi connectivity index (χ3n) is 4.87. The molecule has 7 nitrogen and oxygen atoms in total. The monoisotopic (exact) mass is 563 g/mol. The van der Waals surface area contributed by atoms with Gasteiger partial charge < -0.3 is 15.2 Å². The van der Waals surface area contributed by atoms with Crippen LogP contribution in [0.3, 0.4) is 0 Å². The van der Waals surface area contributed by atoms with Crippen LogP contribution in [0.2, 0.25) is 0 Å². The zero-order chi connectivity index (χ0) is 23.6. The summed E-state index contributed by atoms with van der Waals surface area (Å²) < 4.78 is 25.6. The molecule has 3 rings (SSSR count). The van der Waals surface area contributed by atoms with Gasteiger partial charge in [0.15, 0.2) is 5.82 Å². The van der Waals surface area contributed by atoms with Gasteiger partial charge in [-0.1, -0.05) is 30.3 Å².